The van der Waals surface area contributed by atoms with Gasteiger partial charge in [0.05, 0.1) is 10.9 Å². The van der Waals surface area contributed by atoms with E-state index < -0.39 is 5.82 Å². The third-order valence-electron chi connectivity index (χ3n) is 8.21. The Morgan fingerprint density at radius 3 is 2.42 bits per heavy atom. The molecule has 1 saturated heterocycles. The van der Waals surface area contributed by atoms with E-state index in [4.69, 9.17) is 23.2 Å². The summed E-state index contributed by atoms with van der Waals surface area (Å²) in [7, 11) is 0. The SMILES string of the molecule is O=C(Nc1cccc(Cl)c1)C1C(CC2CCCC2)NCC1c1cccc(Cl)c1F.O=CNC1CCCCC1. The van der Waals surface area contributed by atoms with Gasteiger partial charge in [-0.25, -0.2) is 4.39 Å². The first-order valence-electron chi connectivity index (χ1n) is 13.9. The van der Waals surface area contributed by atoms with E-state index in [0.29, 0.717) is 34.8 Å². The summed E-state index contributed by atoms with van der Waals surface area (Å²) in [6, 6.07) is 12.6. The monoisotopic (exact) mass is 561 g/mol. The number of anilines is 1. The Kier molecular flexibility index (Phi) is 10.9. The summed E-state index contributed by atoms with van der Waals surface area (Å²) in [6.07, 6.45) is 12.9. The van der Waals surface area contributed by atoms with Gasteiger partial charge in [-0.15, -0.1) is 0 Å². The molecule has 3 unspecified atom stereocenters. The number of benzene rings is 2. The molecule has 1 aliphatic heterocycles. The molecule has 2 saturated carbocycles. The minimum Gasteiger partial charge on any atom is -0.356 e. The first kappa shape index (κ1) is 28.8. The average molecular weight is 563 g/mol. The van der Waals surface area contributed by atoms with Gasteiger partial charge in [0.25, 0.3) is 0 Å². The minimum atomic E-state index is -0.428. The van der Waals surface area contributed by atoms with Crippen LogP contribution in [-0.2, 0) is 9.59 Å². The van der Waals surface area contributed by atoms with E-state index in [9.17, 15) is 14.0 Å². The number of amides is 2. The molecule has 8 heteroatoms. The second-order valence-corrected chi connectivity index (χ2v) is 11.6. The van der Waals surface area contributed by atoms with Gasteiger partial charge >= 0.3 is 0 Å². The van der Waals surface area contributed by atoms with E-state index in [1.165, 1.54) is 57.8 Å². The zero-order chi connectivity index (χ0) is 26.9. The van der Waals surface area contributed by atoms with Crippen molar-refractivity contribution in [2.24, 2.45) is 11.8 Å². The predicted molar refractivity (Wildman–Crippen MR) is 152 cm³/mol. The molecule has 206 valence electrons. The van der Waals surface area contributed by atoms with Crippen molar-refractivity contribution >= 4 is 41.2 Å². The molecule has 5 nitrogen and oxygen atoms in total. The zero-order valence-corrected chi connectivity index (χ0v) is 23.2. The maximum atomic E-state index is 14.8. The van der Waals surface area contributed by atoms with E-state index in [1.54, 1.807) is 36.4 Å². The smallest absolute Gasteiger partial charge is 0.229 e. The Morgan fingerprint density at radius 2 is 1.71 bits per heavy atom. The van der Waals surface area contributed by atoms with Crippen LogP contribution < -0.4 is 16.0 Å². The van der Waals surface area contributed by atoms with Gasteiger partial charge in [-0.05, 0) is 55.0 Å². The van der Waals surface area contributed by atoms with Gasteiger partial charge in [0, 0.05) is 35.3 Å². The van der Waals surface area contributed by atoms with Gasteiger partial charge < -0.3 is 16.0 Å². The highest BCUT2D eigenvalue weighted by Gasteiger charge is 2.43. The molecular weight excluding hydrogens is 524 g/mol. The van der Waals surface area contributed by atoms with E-state index in [0.717, 1.165) is 12.8 Å². The molecular formula is C30H38Cl2FN3O2. The van der Waals surface area contributed by atoms with E-state index in [2.05, 4.69) is 16.0 Å². The highest BCUT2D eigenvalue weighted by molar-refractivity contribution is 6.31. The van der Waals surface area contributed by atoms with Crippen LogP contribution in [0.15, 0.2) is 42.5 Å². The maximum Gasteiger partial charge on any atom is 0.229 e. The quantitative estimate of drug-likeness (QED) is 0.316. The molecule has 2 aliphatic carbocycles. The molecule has 2 amide bonds. The second kappa shape index (κ2) is 14.3. The van der Waals surface area contributed by atoms with Gasteiger partial charge in [-0.2, -0.15) is 0 Å². The predicted octanol–water partition coefficient (Wildman–Crippen LogP) is 7.09. The maximum absolute atomic E-state index is 14.8. The van der Waals surface area contributed by atoms with Crippen LogP contribution >= 0.6 is 23.2 Å². The van der Waals surface area contributed by atoms with Crippen molar-refractivity contribution in [2.45, 2.75) is 82.2 Å². The van der Waals surface area contributed by atoms with Gasteiger partial charge in [-0.1, -0.05) is 86.3 Å². The molecule has 0 bridgehead atoms. The standard InChI is InChI=1S/C23H25Cl2FN2O.C7H13NO/c24-15-7-3-8-16(12-15)28-23(29)21-18(17-9-4-10-19(25)22(17)26)13-27-20(21)11-14-5-1-2-6-14;9-6-8-7-4-2-1-3-5-7/h3-4,7-10,12,14,18,20-21,27H,1-2,5-6,11,13H2,(H,28,29);6-7H,1-5H2,(H,8,9). The molecule has 2 aromatic carbocycles. The van der Waals surface area contributed by atoms with Crippen LogP contribution in [0.25, 0.3) is 0 Å². The molecule has 0 aromatic heterocycles. The Bertz CT molecular complexity index is 1070. The number of hydrogen-bond acceptors (Lipinski definition) is 3. The van der Waals surface area contributed by atoms with Crippen molar-refractivity contribution < 1.29 is 14.0 Å². The highest BCUT2D eigenvalue weighted by Crippen LogP contribution is 2.40. The summed E-state index contributed by atoms with van der Waals surface area (Å²) in [5, 5.41) is 9.96. The molecule has 0 radical (unpaired) electrons. The van der Waals surface area contributed by atoms with Crippen molar-refractivity contribution in [1.29, 1.82) is 0 Å². The molecule has 1 heterocycles. The van der Waals surface area contributed by atoms with Crippen LogP contribution in [0.4, 0.5) is 10.1 Å². The summed E-state index contributed by atoms with van der Waals surface area (Å²) >= 11 is 12.1. The van der Waals surface area contributed by atoms with Gasteiger partial charge in [-0.3, -0.25) is 9.59 Å². The van der Waals surface area contributed by atoms with E-state index in [1.807, 2.05) is 6.07 Å². The highest BCUT2D eigenvalue weighted by atomic mass is 35.5. The van der Waals surface area contributed by atoms with Gasteiger partial charge in [0.2, 0.25) is 12.3 Å². The third-order valence-corrected chi connectivity index (χ3v) is 8.74. The second-order valence-electron chi connectivity index (χ2n) is 10.8. The Balaban J connectivity index is 0.000000317. The lowest BCUT2D eigenvalue weighted by atomic mass is 9.81. The average Bonchev–Trinajstić information content (AvgIpc) is 3.57. The summed E-state index contributed by atoms with van der Waals surface area (Å²) in [4.78, 5) is 23.3. The zero-order valence-electron chi connectivity index (χ0n) is 21.7. The van der Waals surface area contributed by atoms with Gasteiger partial charge in [0.15, 0.2) is 0 Å². The fourth-order valence-electron chi connectivity index (χ4n) is 6.28. The molecule has 3 N–H and O–H groups in total. The molecule has 2 aromatic rings. The normalized spacial score (nSPS) is 23.9. The van der Waals surface area contributed by atoms with Crippen LogP contribution in [0.5, 0.6) is 0 Å². The fraction of sp³-hybridized carbons (Fsp3) is 0.533. The van der Waals surface area contributed by atoms with Crippen molar-refractivity contribution in [1.82, 2.24) is 10.6 Å². The summed E-state index contributed by atoms with van der Waals surface area (Å²) < 4.78 is 14.8. The molecule has 3 fully saturated rings. The number of rotatable bonds is 7. The Labute approximate surface area is 235 Å². The first-order valence-corrected chi connectivity index (χ1v) is 14.6. The molecule has 0 spiro atoms. The third kappa shape index (κ3) is 7.71. The summed E-state index contributed by atoms with van der Waals surface area (Å²) in [6.45, 7) is 0.558. The number of hydrogen-bond donors (Lipinski definition) is 3. The van der Waals surface area contributed by atoms with Crippen molar-refractivity contribution in [3.63, 3.8) is 0 Å². The number of halogens is 3. The van der Waals surface area contributed by atoms with Crippen LogP contribution in [0, 0.1) is 17.7 Å². The lowest BCUT2D eigenvalue weighted by Crippen LogP contribution is -2.37. The first-order chi connectivity index (χ1) is 18.5. The van der Waals surface area contributed by atoms with Crippen molar-refractivity contribution in [3.8, 4) is 0 Å². The summed E-state index contributed by atoms with van der Waals surface area (Å²) in [5.74, 6) is -0.550. The van der Waals surface area contributed by atoms with E-state index >= 15 is 0 Å². The largest absolute Gasteiger partial charge is 0.356 e. The number of nitrogens with one attached hydrogen (secondary N) is 3. The summed E-state index contributed by atoms with van der Waals surface area (Å²) in [5.41, 5.74) is 1.16. The van der Waals surface area contributed by atoms with Crippen molar-refractivity contribution in [2.75, 3.05) is 11.9 Å². The molecule has 3 aliphatic rings. The lowest BCUT2D eigenvalue weighted by Gasteiger charge is -2.26. The minimum absolute atomic E-state index is 0.0145. The van der Waals surface area contributed by atoms with Gasteiger partial charge in [0.1, 0.15) is 5.82 Å². The Hall–Kier alpha value is -2.15. The Morgan fingerprint density at radius 1 is 1.00 bits per heavy atom. The molecule has 38 heavy (non-hydrogen) atoms. The number of carbonyl (C=O) groups excluding carboxylic acids is 2. The van der Waals surface area contributed by atoms with E-state index in [-0.39, 0.29) is 28.8 Å². The molecule has 5 rings (SSSR count). The topological polar surface area (TPSA) is 70.2 Å². The molecule has 3 atom stereocenters. The van der Waals surface area contributed by atoms with Crippen LogP contribution in [0.1, 0.15) is 75.7 Å². The van der Waals surface area contributed by atoms with Crippen LogP contribution in [0.2, 0.25) is 10.0 Å². The van der Waals surface area contributed by atoms with Crippen LogP contribution in [-0.4, -0.2) is 30.9 Å². The lowest BCUT2D eigenvalue weighted by molar-refractivity contribution is -0.120. The van der Waals surface area contributed by atoms with Crippen LogP contribution in [0.3, 0.4) is 0 Å². The number of carbonyl (C=O) groups is 2. The van der Waals surface area contributed by atoms with Crippen molar-refractivity contribution in [3.05, 3.63) is 63.9 Å². The fourth-order valence-corrected chi connectivity index (χ4v) is 6.65.